The summed E-state index contributed by atoms with van der Waals surface area (Å²) in [6, 6.07) is 19.3. The van der Waals surface area contributed by atoms with Crippen molar-refractivity contribution in [3.63, 3.8) is 0 Å². The van der Waals surface area contributed by atoms with Crippen LogP contribution in [0.5, 0.6) is 5.75 Å². The lowest BCUT2D eigenvalue weighted by molar-refractivity contribution is -0.139. The topological polar surface area (TPSA) is 99.4 Å². The molecule has 0 fully saturated rings. The summed E-state index contributed by atoms with van der Waals surface area (Å²) < 4.78 is 34.3. The van der Waals surface area contributed by atoms with Crippen LogP contribution < -0.4 is 9.46 Å². The highest BCUT2D eigenvalue weighted by molar-refractivity contribution is 7.98. The van der Waals surface area contributed by atoms with Gasteiger partial charge >= 0.3 is 5.97 Å². The minimum Gasteiger partial charge on any atom is -0.481 e. The van der Waals surface area contributed by atoms with Crippen molar-refractivity contribution in [1.29, 1.82) is 5.26 Å². The molecule has 6 nitrogen and oxygen atoms in total. The van der Waals surface area contributed by atoms with Gasteiger partial charge in [-0.1, -0.05) is 18.2 Å². The van der Waals surface area contributed by atoms with Crippen molar-refractivity contribution in [3.05, 3.63) is 83.7 Å². The third-order valence-electron chi connectivity index (χ3n) is 4.40. The molecular weight excluding hydrogens is 419 g/mol. The molecule has 1 unspecified atom stereocenters. The summed E-state index contributed by atoms with van der Waals surface area (Å²) >= 11 is 0. The van der Waals surface area contributed by atoms with Gasteiger partial charge in [0.15, 0.2) is 6.61 Å². The highest BCUT2D eigenvalue weighted by Crippen LogP contribution is 2.32. The van der Waals surface area contributed by atoms with Gasteiger partial charge in [0, 0.05) is 17.0 Å². The third-order valence-corrected chi connectivity index (χ3v) is 6.05. The molecule has 0 radical (unpaired) electrons. The van der Waals surface area contributed by atoms with E-state index in [0.29, 0.717) is 27.3 Å². The van der Waals surface area contributed by atoms with E-state index in [9.17, 15) is 18.7 Å². The smallest absolute Gasteiger partial charge is 0.341 e. The molecule has 0 amide bonds. The fourth-order valence-electron chi connectivity index (χ4n) is 2.87. The summed E-state index contributed by atoms with van der Waals surface area (Å²) in [6.07, 6.45) is 0. The van der Waals surface area contributed by atoms with Crippen molar-refractivity contribution in [2.75, 3.05) is 6.61 Å². The molecule has 0 saturated carbocycles. The van der Waals surface area contributed by atoms with Crippen molar-refractivity contribution in [2.45, 2.75) is 11.4 Å². The maximum atomic E-state index is 13.1. The molecule has 0 aliphatic rings. The van der Waals surface area contributed by atoms with Crippen LogP contribution in [0.15, 0.2) is 71.6 Å². The van der Waals surface area contributed by atoms with Crippen molar-refractivity contribution in [1.82, 2.24) is 4.72 Å². The summed E-state index contributed by atoms with van der Waals surface area (Å²) in [5.41, 5.74) is 2.45. The van der Waals surface area contributed by atoms with Crippen molar-refractivity contribution in [3.8, 4) is 22.9 Å². The number of hydrogen-bond donors (Lipinski definition) is 2. The van der Waals surface area contributed by atoms with Crippen LogP contribution in [-0.2, 0) is 21.0 Å². The Labute approximate surface area is 179 Å². The fraction of sp³-hybridized carbons (Fsp3) is 0.0870. The number of carboxylic acid groups (broad SMARTS) is 1. The average Bonchev–Trinajstić information content (AvgIpc) is 2.77. The van der Waals surface area contributed by atoms with Gasteiger partial charge in [0.05, 0.1) is 21.3 Å². The molecule has 0 aromatic heterocycles. The van der Waals surface area contributed by atoms with E-state index in [2.05, 4.69) is 16.7 Å². The quantitative estimate of drug-likeness (QED) is 0.524. The minimum atomic E-state index is -2.86. The van der Waals surface area contributed by atoms with Crippen LogP contribution in [0, 0.1) is 17.1 Å². The van der Waals surface area contributed by atoms with Gasteiger partial charge in [-0.2, -0.15) is 5.26 Å². The molecule has 3 aromatic rings. The summed E-state index contributed by atoms with van der Waals surface area (Å²) in [4.78, 5) is 11.3. The lowest BCUT2D eigenvalue weighted by Crippen LogP contribution is -2.23. The van der Waals surface area contributed by atoms with Gasteiger partial charge in [-0.15, -0.1) is 0 Å². The van der Waals surface area contributed by atoms with E-state index in [0.717, 1.165) is 5.56 Å². The molecule has 0 aliphatic carbocycles. The van der Waals surface area contributed by atoms with E-state index in [1.807, 2.05) is 0 Å². The van der Waals surface area contributed by atoms with Gasteiger partial charge in [0.25, 0.3) is 0 Å². The Morgan fingerprint density at radius 3 is 2.58 bits per heavy atom. The number of rotatable bonds is 8. The van der Waals surface area contributed by atoms with Gasteiger partial charge in [-0.3, -0.25) is 0 Å². The van der Waals surface area contributed by atoms with E-state index >= 15 is 0 Å². The van der Waals surface area contributed by atoms with E-state index in [1.54, 1.807) is 42.5 Å². The van der Waals surface area contributed by atoms with Gasteiger partial charge in [-0.25, -0.2) is 18.1 Å². The number of aliphatic carboxylic acids is 1. The molecule has 0 saturated heterocycles. The first-order chi connectivity index (χ1) is 14.8. The lowest BCUT2D eigenvalue weighted by atomic mass is 10.00. The number of carboxylic acids is 1. The van der Waals surface area contributed by atoms with Crippen LogP contribution in [0.1, 0.15) is 11.1 Å². The Kier molecular flexibility index (Phi) is 6.70. The maximum Gasteiger partial charge on any atom is 0.341 e. The van der Waals surface area contributed by atoms with Gasteiger partial charge in [0.2, 0.25) is 0 Å². The van der Waals surface area contributed by atoms with Gasteiger partial charge in [-0.05, 0) is 65.5 Å². The summed E-state index contributed by atoms with van der Waals surface area (Å²) in [7, 11) is -2.86. The predicted octanol–water partition coefficient (Wildman–Crippen LogP) is 3.61. The number of halogens is 1. The summed E-state index contributed by atoms with van der Waals surface area (Å²) in [5.74, 6) is 2.52. The Hall–Kier alpha value is -3.67. The van der Waals surface area contributed by atoms with Crippen molar-refractivity contribution >= 4 is 21.5 Å². The highest BCUT2D eigenvalue weighted by atomic mass is 32.2. The molecule has 8 heteroatoms. The average molecular weight is 438 g/mol. The molecule has 2 N–H and O–H groups in total. The first-order valence-corrected chi connectivity index (χ1v) is 10.9. The monoisotopic (exact) mass is 438 g/mol. The SMILES string of the molecule is C=S(=O)(NCc1ccc(OCC(=O)O)c(-c2cccc(C#N)c2)c1)c1ccc(F)cc1. The molecule has 3 rings (SSSR count). The Morgan fingerprint density at radius 1 is 1.16 bits per heavy atom. The number of nitrogens with one attached hydrogen (secondary N) is 1. The summed E-state index contributed by atoms with van der Waals surface area (Å²) in [5, 5.41) is 18.1. The molecule has 1 atom stereocenters. The number of nitrogens with zero attached hydrogens (tertiary/aromatic N) is 1. The highest BCUT2D eigenvalue weighted by Gasteiger charge is 2.12. The van der Waals surface area contributed by atoms with Crippen LogP contribution >= 0.6 is 0 Å². The molecule has 0 bridgehead atoms. The lowest BCUT2D eigenvalue weighted by Gasteiger charge is -2.15. The second-order valence-electron chi connectivity index (χ2n) is 6.66. The molecule has 31 heavy (non-hydrogen) atoms. The molecule has 158 valence electrons. The van der Waals surface area contributed by atoms with Crippen molar-refractivity contribution < 1.29 is 23.2 Å². The molecule has 0 spiro atoms. The van der Waals surface area contributed by atoms with Crippen LogP contribution in [0.3, 0.4) is 0 Å². The number of nitriles is 1. The molecular formula is C23H19FN2O4S. The first kappa shape index (κ1) is 22.0. The van der Waals surface area contributed by atoms with Crippen LogP contribution in [-0.4, -0.2) is 27.8 Å². The Morgan fingerprint density at radius 2 is 1.90 bits per heavy atom. The third kappa shape index (κ3) is 5.69. The zero-order valence-electron chi connectivity index (χ0n) is 16.4. The predicted molar refractivity (Wildman–Crippen MR) is 116 cm³/mol. The number of benzene rings is 3. The zero-order valence-corrected chi connectivity index (χ0v) is 17.2. The van der Waals surface area contributed by atoms with E-state index in [4.69, 9.17) is 9.84 Å². The van der Waals surface area contributed by atoms with E-state index in [1.165, 1.54) is 24.3 Å². The second-order valence-corrected chi connectivity index (χ2v) is 8.77. The molecule has 3 aromatic carbocycles. The zero-order chi connectivity index (χ0) is 22.4. The molecule has 0 heterocycles. The summed E-state index contributed by atoms with van der Waals surface area (Å²) in [6.45, 7) is -0.330. The largest absolute Gasteiger partial charge is 0.481 e. The van der Waals surface area contributed by atoms with Gasteiger partial charge in [0.1, 0.15) is 11.6 Å². The minimum absolute atomic E-state index is 0.184. The van der Waals surface area contributed by atoms with Crippen LogP contribution in [0.2, 0.25) is 0 Å². The van der Waals surface area contributed by atoms with Gasteiger partial charge < -0.3 is 9.84 Å². The van der Waals surface area contributed by atoms with Crippen LogP contribution in [0.25, 0.3) is 11.1 Å². The maximum absolute atomic E-state index is 13.1. The normalized spacial score (nSPS) is 12.5. The number of carbonyl (C=O) groups is 1. The first-order valence-electron chi connectivity index (χ1n) is 9.14. The number of ether oxygens (including phenoxy) is 1. The molecule has 0 aliphatic heterocycles. The second kappa shape index (κ2) is 9.43. The van der Waals surface area contributed by atoms with E-state index in [-0.39, 0.29) is 6.54 Å². The Bertz CT molecular complexity index is 1250. The van der Waals surface area contributed by atoms with Crippen molar-refractivity contribution in [2.24, 2.45) is 0 Å². The Balaban J connectivity index is 1.90. The fourth-order valence-corrected chi connectivity index (χ4v) is 4.01. The standard InChI is InChI=1S/C23H19FN2O4S/c1-31(29,20-8-6-19(24)7-9-20)26-14-17-5-10-22(30-15-23(27)28)21(12-17)18-4-2-3-16(11-18)13-25/h2-12H,1,14-15H2,(H,26,29)(H,27,28). The number of hydrogen-bond acceptors (Lipinski definition) is 4. The van der Waals surface area contributed by atoms with Crippen LogP contribution in [0.4, 0.5) is 4.39 Å². The van der Waals surface area contributed by atoms with E-state index < -0.39 is 28.1 Å².